The Morgan fingerprint density at radius 1 is 1.55 bits per heavy atom. The van der Waals surface area contributed by atoms with E-state index in [0.717, 1.165) is 17.7 Å². The van der Waals surface area contributed by atoms with Crippen LogP contribution >= 0.6 is 11.8 Å². The highest BCUT2D eigenvalue weighted by Gasteiger charge is 2.17. The van der Waals surface area contributed by atoms with Crippen molar-refractivity contribution in [3.05, 3.63) is 33.9 Å². The minimum atomic E-state index is -0.419. The maximum absolute atomic E-state index is 11.0. The summed E-state index contributed by atoms with van der Waals surface area (Å²) in [5, 5.41) is 11.0. The zero-order valence-electron chi connectivity index (χ0n) is 12.1. The Labute approximate surface area is 123 Å². The van der Waals surface area contributed by atoms with Gasteiger partial charge in [-0.05, 0) is 31.4 Å². The van der Waals surface area contributed by atoms with Crippen LogP contribution in [0.2, 0.25) is 0 Å². The molecule has 0 heterocycles. The van der Waals surface area contributed by atoms with E-state index in [1.165, 1.54) is 0 Å². The Bertz CT molecular complexity index is 456. The lowest BCUT2D eigenvalue weighted by Gasteiger charge is -2.26. The highest BCUT2D eigenvalue weighted by atomic mass is 32.2. The fourth-order valence-electron chi connectivity index (χ4n) is 2.11. The quantitative estimate of drug-likeness (QED) is 0.436. The van der Waals surface area contributed by atoms with Crippen LogP contribution in [0.15, 0.2) is 18.2 Å². The summed E-state index contributed by atoms with van der Waals surface area (Å²) >= 11 is 1.81. The van der Waals surface area contributed by atoms with E-state index in [2.05, 4.69) is 23.5 Å². The average Bonchev–Trinajstić information content (AvgIpc) is 2.44. The molecule has 3 N–H and O–H groups in total. The van der Waals surface area contributed by atoms with Gasteiger partial charge in [-0.3, -0.25) is 20.9 Å². The van der Waals surface area contributed by atoms with Crippen molar-refractivity contribution >= 4 is 23.1 Å². The number of nitrogens with zero attached hydrogens (tertiary/aromatic N) is 2. The molecule has 0 aliphatic heterocycles. The molecule has 0 radical (unpaired) electrons. The molecule has 0 aliphatic carbocycles. The molecule has 0 amide bonds. The number of hydrogen-bond donors (Lipinski definition) is 2. The Hall–Kier alpha value is -1.31. The number of nitrogen functional groups attached to an aromatic ring is 1. The number of hydrazine groups is 1. The highest BCUT2D eigenvalue weighted by Crippen LogP contribution is 2.25. The second-order valence-corrected chi connectivity index (χ2v) is 5.60. The molecule has 0 saturated carbocycles. The Morgan fingerprint density at radius 2 is 2.25 bits per heavy atom. The van der Waals surface area contributed by atoms with Crippen molar-refractivity contribution in [1.29, 1.82) is 0 Å². The van der Waals surface area contributed by atoms with Gasteiger partial charge in [-0.25, -0.2) is 0 Å². The second kappa shape index (κ2) is 8.08. The Balaban J connectivity index is 2.87. The standard InChI is InChI=1S/C13H22N4O2S/c1-4-11(9-20-3)16(2)8-10-5-6-12(15-14)13(7-10)17(18)19/h5-7,11,15H,4,8-9,14H2,1-3H3. The smallest absolute Gasteiger partial charge is 0.293 e. The van der Waals surface area contributed by atoms with Gasteiger partial charge in [-0.1, -0.05) is 13.0 Å². The van der Waals surface area contributed by atoms with Gasteiger partial charge in [-0.2, -0.15) is 11.8 Å². The summed E-state index contributed by atoms with van der Waals surface area (Å²) in [6.07, 6.45) is 3.14. The summed E-state index contributed by atoms with van der Waals surface area (Å²) < 4.78 is 0. The maximum Gasteiger partial charge on any atom is 0.293 e. The SMILES string of the molecule is CCC(CSC)N(C)Cc1ccc(NN)c([N+](=O)[O-])c1. The molecule has 1 atom stereocenters. The summed E-state index contributed by atoms with van der Waals surface area (Å²) in [7, 11) is 2.05. The molecule has 112 valence electrons. The first-order chi connectivity index (χ1) is 9.53. The van der Waals surface area contributed by atoms with Gasteiger partial charge in [0.05, 0.1) is 4.92 Å². The van der Waals surface area contributed by atoms with Crippen molar-refractivity contribution in [2.45, 2.75) is 25.9 Å². The van der Waals surface area contributed by atoms with Crippen LogP contribution in [0.4, 0.5) is 11.4 Å². The minimum Gasteiger partial charge on any atom is -0.318 e. The summed E-state index contributed by atoms with van der Waals surface area (Å²) in [6.45, 7) is 2.84. The van der Waals surface area contributed by atoms with E-state index in [1.807, 2.05) is 24.9 Å². The van der Waals surface area contributed by atoms with Gasteiger partial charge in [0.1, 0.15) is 5.69 Å². The van der Waals surface area contributed by atoms with E-state index in [-0.39, 0.29) is 5.69 Å². The molecule has 0 saturated heterocycles. The topological polar surface area (TPSA) is 84.4 Å². The van der Waals surface area contributed by atoms with Crippen molar-refractivity contribution in [3.63, 3.8) is 0 Å². The van der Waals surface area contributed by atoms with Crippen molar-refractivity contribution < 1.29 is 4.92 Å². The number of rotatable bonds is 8. The number of thioether (sulfide) groups is 1. The molecule has 1 rings (SSSR count). The molecular weight excluding hydrogens is 276 g/mol. The molecule has 1 aromatic carbocycles. The van der Waals surface area contributed by atoms with Crippen LogP contribution in [-0.2, 0) is 6.54 Å². The zero-order chi connectivity index (χ0) is 15.1. The van der Waals surface area contributed by atoms with E-state index in [9.17, 15) is 10.1 Å². The molecule has 1 aromatic rings. The van der Waals surface area contributed by atoms with Crippen molar-refractivity contribution in [2.75, 3.05) is 24.5 Å². The lowest BCUT2D eigenvalue weighted by Crippen LogP contribution is -2.32. The number of nitrogens with one attached hydrogen (secondary N) is 1. The first-order valence-corrected chi connectivity index (χ1v) is 7.86. The molecule has 6 nitrogen and oxygen atoms in total. The molecule has 0 spiro atoms. The van der Waals surface area contributed by atoms with Gasteiger partial charge >= 0.3 is 0 Å². The summed E-state index contributed by atoms with van der Waals surface area (Å²) in [5.74, 6) is 6.33. The van der Waals surface area contributed by atoms with Crippen LogP contribution in [0.25, 0.3) is 0 Å². The third-order valence-corrected chi connectivity index (χ3v) is 4.02. The fourth-order valence-corrected chi connectivity index (χ4v) is 2.99. The van der Waals surface area contributed by atoms with E-state index in [1.54, 1.807) is 12.1 Å². The number of anilines is 1. The first kappa shape index (κ1) is 16.7. The van der Waals surface area contributed by atoms with Crippen molar-refractivity contribution in [3.8, 4) is 0 Å². The molecule has 0 fully saturated rings. The molecular formula is C13H22N4O2S. The molecule has 0 aromatic heterocycles. The van der Waals surface area contributed by atoms with Crippen molar-refractivity contribution in [1.82, 2.24) is 4.90 Å². The Morgan fingerprint density at radius 3 is 2.75 bits per heavy atom. The van der Waals surface area contributed by atoms with Gasteiger partial charge in [0, 0.05) is 24.4 Å². The number of hydrogen-bond acceptors (Lipinski definition) is 6. The van der Waals surface area contributed by atoms with Gasteiger partial charge in [0.2, 0.25) is 0 Å². The van der Waals surface area contributed by atoms with Crippen LogP contribution in [0, 0.1) is 10.1 Å². The molecule has 7 heteroatoms. The highest BCUT2D eigenvalue weighted by molar-refractivity contribution is 7.98. The zero-order valence-corrected chi connectivity index (χ0v) is 12.9. The van der Waals surface area contributed by atoms with Gasteiger partial charge < -0.3 is 5.43 Å². The summed E-state index contributed by atoms with van der Waals surface area (Å²) in [5.41, 5.74) is 3.61. The summed E-state index contributed by atoms with van der Waals surface area (Å²) in [6, 6.07) is 5.56. The minimum absolute atomic E-state index is 0.0105. The van der Waals surface area contributed by atoms with E-state index in [0.29, 0.717) is 18.3 Å². The van der Waals surface area contributed by atoms with E-state index in [4.69, 9.17) is 5.84 Å². The Kier molecular flexibility index (Phi) is 6.77. The maximum atomic E-state index is 11.0. The number of benzene rings is 1. The lowest BCUT2D eigenvalue weighted by atomic mass is 10.1. The predicted octanol–water partition coefficient (Wildman–Crippen LogP) is 2.45. The summed E-state index contributed by atoms with van der Waals surface area (Å²) in [4.78, 5) is 12.8. The van der Waals surface area contributed by atoms with Crippen LogP contribution in [0.3, 0.4) is 0 Å². The lowest BCUT2D eigenvalue weighted by molar-refractivity contribution is -0.384. The number of nitro benzene ring substituents is 1. The average molecular weight is 298 g/mol. The van der Waals surface area contributed by atoms with Crippen LogP contribution in [0.5, 0.6) is 0 Å². The number of nitrogens with two attached hydrogens (primary N) is 1. The van der Waals surface area contributed by atoms with E-state index < -0.39 is 4.92 Å². The van der Waals surface area contributed by atoms with Gasteiger partial charge in [-0.15, -0.1) is 0 Å². The normalized spacial score (nSPS) is 12.4. The van der Waals surface area contributed by atoms with E-state index >= 15 is 0 Å². The largest absolute Gasteiger partial charge is 0.318 e. The van der Waals surface area contributed by atoms with Crippen LogP contribution in [0.1, 0.15) is 18.9 Å². The third kappa shape index (κ3) is 4.36. The third-order valence-electron chi connectivity index (χ3n) is 3.30. The first-order valence-electron chi connectivity index (χ1n) is 6.46. The van der Waals surface area contributed by atoms with Crippen LogP contribution in [-0.4, -0.2) is 34.9 Å². The molecule has 20 heavy (non-hydrogen) atoms. The predicted molar refractivity (Wildman–Crippen MR) is 84.8 cm³/mol. The molecule has 0 aliphatic rings. The van der Waals surface area contributed by atoms with Crippen LogP contribution < -0.4 is 11.3 Å². The monoisotopic (exact) mass is 298 g/mol. The van der Waals surface area contributed by atoms with Gasteiger partial charge in [0.25, 0.3) is 5.69 Å². The second-order valence-electron chi connectivity index (χ2n) is 4.69. The van der Waals surface area contributed by atoms with Crippen molar-refractivity contribution in [2.24, 2.45) is 5.84 Å². The molecule has 1 unspecified atom stereocenters. The fraction of sp³-hybridized carbons (Fsp3) is 0.538. The number of nitro groups is 1. The molecule has 0 bridgehead atoms. The van der Waals surface area contributed by atoms with Gasteiger partial charge in [0.15, 0.2) is 0 Å².